The van der Waals surface area contributed by atoms with Crippen LogP contribution in [0.25, 0.3) is 144 Å². The van der Waals surface area contributed by atoms with Gasteiger partial charge in [0.1, 0.15) is 22.1 Å². The number of hydrogen-bond acceptors (Lipinski definition) is 7. The second-order valence-corrected chi connectivity index (χ2v) is 22.9. The van der Waals surface area contributed by atoms with E-state index in [0.717, 1.165) is 156 Å². The van der Waals surface area contributed by atoms with Crippen LogP contribution in [0.5, 0.6) is 0 Å². The Morgan fingerprint density at radius 2 is 0.607 bits per heavy atom. The Morgan fingerprint density at radius 1 is 0.270 bits per heavy atom. The van der Waals surface area contributed by atoms with Crippen LogP contribution in [0.1, 0.15) is 0 Å². The van der Waals surface area contributed by atoms with Crippen molar-refractivity contribution in [1.29, 1.82) is 0 Å². The Labute approximate surface area is 517 Å². The van der Waals surface area contributed by atoms with Gasteiger partial charge in [0.15, 0.2) is 0 Å². The topological polar surface area (TPSA) is 85.5 Å². The number of fused-ring (bicyclic) bond motifs is 8. The highest BCUT2D eigenvalue weighted by atomic mass is 32.1. The smallest absolute Gasteiger partial charge is 0.115 e. The van der Waals surface area contributed by atoms with Crippen LogP contribution in [0.15, 0.2) is 303 Å². The lowest BCUT2D eigenvalue weighted by atomic mass is 9.92. The molecule has 13 aromatic carbocycles. The average molecular weight is 1160 g/mol. The molecule has 17 rings (SSSR count). The van der Waals surface area contributed by atoms with Crippen LogP contribution in [0.4, 0.5) is 22.7 Å². The quantitative estimate of drug-likeness (QED) is 0.127. The molecule has 0 aliphatic heterocycles. The lowest BCUT2D eigenvalue weighted by molar-refractivity contribution is 1.18. The van der Waals surface area contributed by atoms with Crippen LogP contribution >= 0.6 is 11.7 Å². The SMILES string of the molecule is c1ccc(Nc2cc(-c3ccc(-c4c5nsnc5c(-c5ccc(-c6cc(Nc7ccccc7)cc7c8ccccc8n(-c8ccccc8)c67)cc5)c5nc(-c6ccccc6)c(-c6ccccc6)nc45)cc3)c3c(c2)c2ccccc2n3-c2ccccc2)cc1. The molecular formula is C80H52N8S. The van der Waals surface area contributed by atoms with Crippen molar-refractivity contribution in [3.63, 3.8) is 0 Å². The van der Waals surface area contributed by atoms with Crippen molar-refractivity contribution < 1.29 is 0 Å². The highest BCUT2D eigenvalue weighted by Gasteiger charge is 2.27. The third kappa shape index (κ3) is 8.98. The first-order chi connectivity index (χ1) is 44.1. The molecule has 4 aromatic heterocycles. The normalized spacial score (nSPS) is 11.6. The molecule has 0 aliphatic rings. The van der Waals surface area contributed by atoms with Gasteiger partial charge in [0.2, 0.25) is 0 Å². The Morgan fingerprint density at radius 3 is 1.00 bits per heavy atom. The van der Waals surface area contributed by atoms with Gasteiger partial charge >= 0.3 is 0 Å². The number of anilines is 4. The zero-order valence-corrected chi connectivity index (χ0v) is 48.8. The molecule has 0 spiro atoms. The third-order valence-electron chi connectivity index (χ3n) is 17.1. The van der Waals surface area contributed by atoms with Crippen LogP contribution in [-0.2, 0) is 0 Å². The Balaban J connectivity index is 0.875. The van der Waals surface area contributed by atoms with Crippen LogP contribution in [0.3, 0.4) is 0 Å². The number of benzene rings is 13. The summed E-state index contributed by atoms with van der Waals surface area (Å²) in [4.78, 5) is 11.6. The molecule has 9 heteroatoms. The van der Waals surface area contributed by atoms with Crippen molar-refractivity contribution in [2.75, 3.05) is 10.6 Å². The molecule has 418 valence electrons. The van der Waals surface area contributed by atoms with Gasteiger partial charge in [-0.2, -0.15) is 8.75 Å². The van der Waals surface area contributed by atoms with E-state index in [0.29, 0.717) is 0 Å². The van der Waals surface area contributed by atoms with Gasteiger partial charge in [0, 0.05) is 89.0 Å². The van der Waals surface area contributed by atoms with Crippen LogP contribution in [-0.4, -0.2) is 27.8 Å². The maximum Gasteiger partial charge on any atom is 0.115 e. The molecular weight excluding hydrogens is 1110 g/mol. The molecule has 0 fully saturated rings. The second-order valence-electron chi connectivity index (χ2n) is 22.4. The highest BCUT2D eigenvalue weighted by Crippen LogP contribution is 2.48. The minimum absolute atomic E-state index is 0.741. The number of para-hydroxylation sites is 6. The monoisotopic (exact) mass is 1160 g/mol. The van der Waals surface area contributed by atoms with Gasteiger partial charge in [0.05, 0.1) is 45.2 Å². The fourth-order valence-corrected chi connectivity index (χ4v) is 13.7. The van der Waals surface area contributed by atoms with E-state index in [9.17, 15) is 0 Å². The minimum atomic E-state index is 0.741. The molecule has 89 heavy (non-hydrogen) atoms. The summed E-state index contributed by atoms with van der Waals surface area (Å²) in [6, 6.07) is 107. The largest absolute Gasteiger partial charge is 0.355 e. The van der Waals surface area contributed by atoms with Crippen molar-refractivity contribution in [2.24, 2.45) is 0 Å². The zero-order valence-electron chi connectivity index (χ0n) is 48.0. The van der Waals surface area contributed by atoms with Crippen molar-refractivity contribution in [3.8, 4) is 78.4 Å². The van der Waals surface area contributed by atoms with Gasteiger partial charge in [-0.25, -0.2) is 9.97 Å². The maximum absolute atomic E-state index is 5.81. The third-order valence-corrected chi connectivity index (χ3v) is 17.6. The Hall–Kier alpha value is -11.8. The number of nitrogens with one attached hydrogen (secondary N) is 2. The molecule has 8 nitrogen and oxygen atoms in total. The van der Waals surface area contributed by atoms with Crippen molar-refractivity contribution in [2.45, 2.75) is 0 Å². The molecule has 0 amide bonds. The van der Waals surface area contributed by atoms with Crippen LogP contribution in [0, 0.1) is 0 Å². The maximum atomic E-state index is 5.81. The Kier molecular flexibility index (Phi) is 12.5. The molecule has 0 radical (unpaired) electrons. The van der Waals surface area contributed by atoms with E-state index < -0.39 is 0 Å². The van der Waals surface area contributed by atoms with E-state index in [-0.39, 0.29) is 0 Å². The van der Waals surface area contributed by atoms with Crippen molar-refractivity contribution in [1.82, 2.24) is 27.8 Å². The van der Waals surface area contributed by atoms with Crippen molar-refractivity contribution in [3.05, 3.63) is 303 Å². The predicted molar refractivity (Wildman–Crippen MR) is 371 cm³/mol. The summed E-state index contributed by atoms with van der Waals surface area (Å²) in [5, 5.41) is 12.2. The highest BCUT2D eigenvalue weighted by molar-refractivity contribution is 7.00. The first kappa shape index (κ1) is 51.6. The summed E-state index contributed by atoms with van der Waals surface area (Å²) < 4.78 is 15.2. The van der Waals surface area contributed by atoms with Crippen LogP contribution in [0.2, 0.25) is 0 Å². The fraction of sp³-hybridized carbons (Fsp3) is 0. The zero-order chi connectivity index (χ0) is 58.8. The number of aromatic nitrogens is 6. The molecule has 0 aliphatic carbocycles. The summed E-state index contributed by atoms with van der Waals surface area (Å²) in [6.45, 7) is 0. The van der Waals surface area contributed by atoms with E-state index in [4.69, 9.17) is 18.7 Å². The van der Waals surface area contributed by atoms with Crippen molar-refractivity contribution >= 4 is 100 Å². The van der Waals surface area contributed by atoms with Gasteiger partial charge in [0.25, 0.3) is 0 Å². The lowest BCUT2D eigenvalue weighted by Gasteiger charge is -2.18. The molecule has 17 aromatic rings. The number of nitrogens with zero attached hydrogens (tertiary/aromatic N) is 6. The molecule has 4 heterocycles. The van der Waals surface area contributed by atoms with Gasteiger partial charge in [-0.3, -0.25) is 0 Å². The number of rotatable bonds is 12. The summed E-state index contributed by atoms with van der Waals surface area (Å²) in [6.07, 6.45) is 0. The van der Waals surface area contributed by atoms with Gasteiger partial charge in [-0.1, -0.05) is 218 Å². The molecule has 0 bridgehead atoms. The molecule has 0 saturated carbocycles. The van der Waals surface area contributed by atoms with Gasteiger partial charge < -0.3 is 19.8 Å². The summed E-state index contributed by atoms with van der Waals surface area (Å²) in [5.41, 5.74) is 25.3. The second kappa shape index (κ2) is 21.6. The Bertz CT molecular complexity index is 5150. The predicted octanol–water partition coefficient (Wildman–Crippen LogP) is 21.3. The summed E-state index contributed by atoms with van der Waals surface area (Å²) in [7, 11) is 0. The van der Waals surface area contributed by atoms with E-state index >= 15 is 0 Å². The van der Waals surface area contributed by atoms with Gasteiger partial charge in [-0.15, -0.1) is 0 Å². The molecule has 0 saturated heterocycles. The minimum Gasteiger partial charge on any atom is -0.355 e. The fourth-order valence-electron chi connectivity index (χ4n) is 13.1. The van der Waals surface area contributed by atoms with Crippen LogP contribution < -0.4 is 10.6 Å². The number of hydrogen-bond donors (Lipinski definition) is 2. The average Bonchev–Trinajstić information content (AvgIpc) is 1.79. The first-order valence-electron chi connectivity index (χ1n) is 29.9. The summed E-state index contributed by atoms with van der Waals surface area (Å²) in [5.74, 6) is 0. The summed E-state index contributed by atoms with van der Waals surface area (Å²) >= 11 is 1.22. The first-order valence-corrected chi connectivity index (χ1v) is 30.6. The molecule has 0 atom stereocenters. The lowest BCUT2D eigenvalue weighted by Crippen LogP contribution is -2.00. The standard InChI is InChI=1S/C80H52N8S/c1-7-23-55(24-8-1)73-74(56-25-9-2-10-26-56)84-76-72(54-45-41-52(42-46-54)66-48-60(82-58-29-13-4-14-30-58)50-68-64-36-20-22-38-70(64)88(80(66)68)62-33-17-6-18-34-62)78-77(85-89-86-78)71(75(76)83-73)53-43-39-51(40-44-53)65-47-59(81-57-27-11-3-12-28-57)49-67-63-35-19-21-37-69(63)87(79(65)67)61-31-15-5-16-32-61/h1-50,81-82H. The van der Waals surface area contributed by atoms with E-state index in [1.165, 1.54) is 22.5 Å². The molecule has 0 unspecified atom stereocenters. The van der Waals surface area contributed by atoms with E-state index in [1.807, 2.05) is 24.3 Å². The van der Waals surface area contributed by atoms with E-state index in [2.05, 4.69) is 299 Å². The van der Waals surface area contributed by atoms with Gasteiger partial charge in [-0.05, 0) is 107 Å². The van der Waals surface area contributed by atoms with E-state index in [1.54, 1.807) is 0 Å². The molecule has 2 N–H and O–H groups in total.